The highest BCUT2D eigenvalue weighted by Crippen LogP contribution is 2.13. The summed E-state index contributed by atoms with van der Waals surface area (Å²) in [4.78, 5) is 24.0. The van der Waals surface area contributed by atoms with Crippen molar-refractivity contribution in [3.8, 4) is 5.75 Å². The molecule has 3 rings (SSSR count). The molecule has 164 valence electrons. The number of carbonyl (C=O) groups is 2. The van der Waals surface area contributed by atoms with Crippen LogP contribution >= 0.6 is 0 Å². The van der Waals surface area contributed by atoms with Crippen LogP contribution in [-0.4, -0.2) is 24.6 Å². The Balaban J connectivity index is 1.37. The van der Waals surface area contributed by atoms with Gasteiger partial charge in [-0.3, -0.25) is 9.59 Å². The average molecular weight is 430 g/mol. The summed E-state index contributed by atoms with van der Waals surface area (Å²) in [5.41, 5.74) is 5.50. The van der Waals surface area contributed by atoms with Crippen LogP contribution in [0, 0.1) is 0 Å². The van der Waals surface area contributed by atoms with Gasteiger partial charge in [-0.15, -0.1) is 0 Å². The van der Waals surface area contributed by atoms with E-state index in [1.807, 2.05) is 67.6 Å². The Hall–Kier alpha value is -3.93. The number of amides is 2. The summed E-state index contributed by atoms with van der Waals surface area (Å²) < 4.78 is 5.55. The maximum atomic E-state index is 12.1. The molecular weight excluding hydrogens is 402 g/mol. The summed E-state index contributed by atoms with van der Waals surface area (Å²) in [6, 6.07) is 26.6. The Morgan fingerprint density at radius 3 is 2.25 bits per heavy atom. The molecule has 0 radical (unpaired) electrons. The zero-order valence-corrected chi connectivity index (χ0v) is 18.0. The summed E-state index contributed by atoms with van der Waals surface area (Å²) in [6.45, 7) is 1.86. The van der Waals surface area contributed by atoms with E-state index in [0.717, 1.165) is 16.7 Å². The lowest BCUT2D eigenvalue weighted by Gasteiger charge is -2.14. The number of nitrogens with one attached hydrogen (secondary N) is 2. The van der Waals surface area contributed by atoms with Crippen molar-refractivity contribution < 1.29 is 14.3 Å². The molecule has 0 aliphatic heterocycles. The minimum Gasteiger partial charge on any atom is -0.484 e. The minimum absolute atomic E-state index is 0.0674. The van der Waals surface area contributed by atoms with E-state index in [0.29, 0.717) is 18.6 Å². The Morgan fingerprint density at radius 1 is 0.906 bits per heavy atom. The molecule has 3 aromatic rings. The van der Waals surface area contributed by atoms with Crippen LogP contribution in [0.25, 0.3) is 0 Å². The van der Waals surface area contributed by atoms with Crippen molar-refractivity contribution in [3.05, 3.63) is 102 Å². The summed E-state index contributed by atoms with van der Waals surface area (Å²) >= 11 is 0. The molecule has 0 saturated heterocycles. The van der Waals surface area contributed by atoms with E-state index in [4.69, 9.17) is 4.74 Å². The number of aryl methyl sites for hydroxylation is 1. The topological polar surface area (TPSA) is 79.8 Å². The molecule has 2 N–H and O–H groups in total. The standard InChI is InChI=1S/C26H27N3O3/c1-20(23-10-6-3-7-11-23)28-26(31)19-32-24-15-12-22(13-16-24)18-27-29-25(30)17-14-21-8-4-2-5-9-21/h2-13,15-16,18,20H,14,17,19H2,1H3,(H,28,31)(H,29,30)/b27-18-/t20-/m0/s1. The number of hydrogen-bond acceptors (Lipinski definition) is 4. The Bertz CT molecular complexity index is 1020. The van der Waals surface area contributed by atoms with Crippen LogP contribution in [0.1, 0.15) is 36.1 Å². The molecule has 0 unspecified atom stereocenters. The van der Waals surface area contributed by atoms with Crippen LogP contribution in [0.2, 0.25) is 0 Å². The first-order valence-electron chi connectivity index (χ1n) is 10.5. The lowest BCUT2D eigenvalue weighted by atomic mass is 10.1. The van der Waals surface area contributed by atoms with E-state index < -0.39 is 0 Å². The molecule has 0 fully saturated rings. The van der Waals surface area contributed by atoms with Gasteiger partial charge in [-0.1, -0.05) is 60.7 Å². The van der Waals surface area contributed by atoms with E-state index in [1.165, 1.54) is 0 Å². The van der Waals surface area contributed by atoms with Crippen LogP contribution in [0.15, 0.2) is 90.0 Å². The molecule has 6 nitrogen and oxygen atoms in total. The van der Waals surface area contributed by atoms with Gasteiger partial charge in [0.2, 0.25) is 5.91 Å². The first-order valence-corrected chi connectivity index (χ1v) is 10.5. The third-order valence-electron chi connectivity index (χ3n) is 4.81. The van der Waals surface area contributed by atoms with Crippen molar-refractivity contribution in [2.24, 2.45) is 5.10 Å². The number of rotatable bonds is 10. The molecule has 0 spiro atoms. The van der Waals surface area contributed by atoms with Gasteiger partial charge in [0.25, 0.3) is 5.91 Å². The van der Waals surface area contributed by atoms with Crippen molar-refractivity contribution >= 4 is 18.0 Å². The molecule has 0 saturated carbocycles. The van der Waals surface area contributed by atoms with Gasteiger partial charge in [-0.2, -0.15) is 5.10 Å². The lowest BCUT2D eigenvalue weighted by molar-refractivity contribution is -0.123. The SMILES string of the molecule is C[C@H](NC(=O)COc1ccc(/C=N\NC(=O)CCc2ccccc2)cc1)c1ccccc1. The van der Waals surface area contributed by atoms with Crippen molar-refractivity contribution in [1.82, 2.24) is 10.7 Å². The summed E-state index contributed by atoms with van der Waals surface area (Å²) in [5, 5.41) is 6.90. The fraction of sp³-hybridized carbons (Fsp3) is 0.192. The summed E-state index contributed by atoms with van der Waals surface area (Å²) in [7, 11) is 0. The van der Waals surface area contributed by atoms with Crippen LogP contribution in [-0.2, 0) is 16.0 Å². The molecule has 0 bridgehead atoms. The van der Waals surface area contributed by atoms with E-state index in [2.05, 4.69) is 15.8 Å². The Kier molecular flexibility index (Phi) is 8.57. The van der Waals surface area contributed by atoms with Gasteiger partial charge in [-0.25, -0.2) is 5.43 Å². The second kappa shape index (κ2) is 12.1. The van der Waals surface area contributed by atoms with E-state index in [9.17, 15) is 9.59 Å². The van der Waals surface area contributed by atoms with Crippen LogP contribution in [0.4, 0.5) is 0 Å². The first-order chi connectivity index (χ1) is 15.6. The van der Waals surface area contributed by atoms with Gasteiger partial charge in [0.15, 0.2) is 6.61 Å². The van der Waals surface area contributed by atoms with Crippen molar-refractivity contribution in [2.75, 3.05) is 6.61 Å². The van der Waals surface area contributed by atoms with Gasteiger partial charge in [0, 0.05) is 6.42 Å². The monoisotopic (exact) mass is 429 g/mol. The molecule has 0 heterocycles. The smallest absolute Gasteiger partial charge is 0.258 e. The van der Waals surface area contributed by atoms with Crippen molar-refractivity contribution in [1.29, 1.82) is 0 Å². The van der Waals surface area contributed by atoms with Crippen LogP contribution in [0.3, 0.4) is 0 Å². The number of ether oxygens (including phenoxy) is 1. The Labute approximate surface area is 188 Å². The second-order valence-corrected chi connectivity index (χ2v) is 7.34. The minimum atomic E-state index is -0.190. The number of hydrogen-bond donors (Lipinski definition) is 2. The zero-order valence-electron chi connectivity index (χ0n) is 18.0. The van der Waals surface area contributed by atoms with Crippen LogP contribution in [0.5, 0.6) is 5.75 Å². The lowest BCUT2D eigenvalue weighted by Crippen LogP contribution is -2.31. The second-order valence-electron chi connectivity index (χ2n) is 7.34. The molecule has 2 amide bonds. The fourth-order valence-corrected chi connectivity index (χ4v) is 3.04. The third kappa shape index (κ3) is 7.72. The highest BCUT2D eigenvalue weighted by Gasteiger charge is 2.09. The summed E-state index contributed by atoms with van der Waals surface area (Å²) in [6.07, 6.45) is 2.61. The van der Waals surface area contributed by atoms with Gasteiger partial charge < -0.3 is 10.1 Å². The van der Waals surface area contributed by atoms with Crippen molar-refractivity contribution in [2.45, 2.75) is 25.8 Å². The normalized spacial score (nSPS) is 11.7. The number of carbonyl (C=O) groups excluding carboxylic acids is 2. The zero-order chi connectivity index (χ0) is 22.6. The van der Waals surface area contributed by atoms with E-state index in [-0.39, 0.29) is 24.5 Å². The maximum absolute atomic E-state index is 12.1. The number of hydrazone groups is 1. The highest BCUT2D eigenvalue weighted by atomic mass is 16.5. The number of nitrogens with zero attached hydrogens (tertiary/aromatic N) is 1. The van der Waals surface area contributed by atoms with Crippen molar-refractivity contribution in [3.63, 3.8) is 0 Å². The maximum Gasteiger partial charge on any atom is 0.258 e. The molecule has 32 heavy (non-hydrogen) atoms. The first kappa shape index (κ1) is 22.7. The van der Waals surface area contributed by atoms with Gasteiger partial charge >= 0.3 is 0 Å². The molecular formula is C26H27N3O3. The highest BCUT2D eigenvalue weighted by molar-refractivity contribution is 5.82. The average Bonchev–Trinajstić information content (AvgIpc) is 2.83. The van der Waals surface area contributed by atoms with E-state index in [1.54, 1.807) is 30.5 Å². The molecule has 3 aromatic carbocycles. The van der Waals surface area contributed by atoms with Gasteiger partial charge in [0.1, 0.15) is 5.75 Å². The molecule has 0 aliphatic rings. The van der Waals surface area contributed by atoms with Crippen LogP contribution < -0.4 is 15.5 Å². The quantitative estimate of drug-likeness (QED) is 0.377. The summed E-state index contributed by atoms with van der Waals surface area (Å²) in [5.74, 6) is 0.252. The predicted octanol–water partition coefficient (Wildman–Crippen LogP) is 4.03. The Morgan fingerprint density at radius 2 is 1.56 bits per heavy atom. The van der Waals surface area contributed by atoms with Gasteiger partial charge in [0.05, 0.1) is 12.3 Å². The largest absolute Gasteiger partial charge is 0.484 e. The van der Waals surface area contributed by atoms with E-state index >= 15 is 0 Å². The predicted molar refractivity (Wildman–Crippen MR) is 125 cm³/mol. The number of benzene rings is 3. The molecule has 1 atom stereocenters. The molecule has 6 heteroatoms. The molecule has 0 aromatic heterocycles. The third-order valence-corrected chi connectivity index (χ3v) is 4.81. The fourth-order valence-electron chi connectivity index (χ4n) is 3.04. The molecule has 0 aliphatic carbocycles. The van der Waals surface area contributed by atoms with Gasteiger partial charge in [-0.05, 0) is 54.3 Å².